The molecule has 1 heteroatoms. The second-order valence-corrected chi connectivity index (χ2v) is 4.24. The maximum Gasteiger partial charge on any atom is 0.0537 e. The normalized spacial score (nSPS) is 15.7. The third-order valence-electron chi connectivity index (χ3n) is 2.76. The van der Waals surface area contributed by atoms with Crippen LogP contribution in [0.5, 0.6) is 0 Å². The number of hydrogen-bond donors (Lipinski definition) is 1. The van der Waals surface area contributed by atoms with E-state index in [9.17, 15) is 5.11 Å². The van der Waals surface area contributed by atoms with Crippen LogP contribution in [0.3, 0.4) is 0 Å². The molecule has 0 heterocycles. The maximum absolute atomic E-state index is 9.38. The summed E-state index contributed by atoms with van der Waals surface area (Å²) >= 11 is 0. The lowest BCUT2D eigenvalue weighted by molar-refractivity contribution is 0.150. The zero-order valence-corrected chi connectivity index (χ0v) is 9.55. The van der Waals surface area contributed by atoms with Crippen LogP contribution < -0.4 is 0 Å². The van der Waals surface area contributed by atoms with Crippen LogP contribution in [0.1, 0.15) is 65.7 Å². The first kappa shape index (κ1) is 13.0. The van der Waals surface area contributed by atoms with Crippen LogP contribution in [-0.4, -0.2) is 11.2 Å². The van der Waals surface area contributed by atoms with Gasteiger partial charge in [0.2, 0.25) is 0 Å². The van der Waals surface area contributed by atoms with Gasteiger partial charge in [-0.1, -0.05) is 46.5 Å². The van der Waals surface area contributed by atoms with Crippen LogP contribution in [0, 0.1) is 5.92 Å². The molecule has 13 heavy (non-hydrogen) atoms. The van der Waals surface area contributed by atoms with Gasteiger partial charge in [0, 0.05) is 0 Å². The highest BCUT2D eigenvalue weighted by molar-refractivity contribution is 4.58. The molecule has 0 fully saturated rings. The van der Waals surface area contributed by atoms with Crippen LogP contribution in [0.4, 0.5) is 0 Å². The van der Waals surface area contributed by atoms with Gasteiger partial charge in [-0.05, 0) is 25.2 Å². The molecular weight excluding hydrogens is 160 g/mol. The summed E-state index contributed by atoms with van der Waals surface area (Å²) in [5.74, 6) is 0.799. The minimum absolute atomic E-state index is 0.0615. The maximum atomic E-state index is 9.38. The van der Waals surface area contributed by atoms with Gasteiger partial charge in [0.1, 0.15) is 0 Å². The highest BCUT2D eigenvalue weighted by Gasteiger charge is 2.05. The van der Waals surface area contributed by atoms with E-state index in [1.54, 1.807) is 0 Å². The van der Waals surface area contributed by atoms with Crippen LogP contribution in [0.2, 0.25) is 0 Å². The first-order valence-corrected chi connectivity index (χ1v) is 5.88. The Morgan fingerprint density at radius 2 is 1.69 bits per heavy atom. The Hall–Kier alpha value is -0.0400. The van der Waals surface area contributed by atoms with Gasteiger partial charge in [-0.25, -0.2) is 0 Å². The fraction of sp³-hybridized carbons (Fsp3) is 1.00. The predicted octanol–water partition coefficient (Wildman–Crippen LogP) is 3.75. The summed E-state index contributed by atoms with van der Waals surface area (Å²) in [6, 6.07) is 0. The zero-order chi connectivity index (χ0) is 10.1. The number of aliphatic hydroxyl groups is 1. The van der Waals surface area contributed by atoms with Gasteiger partial charge in [-0.15, -0.1) is 0 Å². The van der Waals surface area contributed by atoms with Crippen molar-refractivity contribution in [1.29, 1.82) is 0 Å². The molecule has 0 spiro atoms. The van der Waals surface area contributed by atoms with Crippen molar-refractivity contribution in [3.8, 4) is 0 Å². The van der Waals surface area contributed by atoms with E-state index >= 15 is 0 Å². The zero-order valence-electron chi connectivity index (χ0n) is 9.55. The Morgan fingerprint density at radius 3 is 2.23 bits per heavy atom. The lowest BCUT2D eigenvalue weighted by Gasteiger charge is -2.13. The van der Waals surface area contributed by atoms with Crippen molar-refractivity contribution in [3.05, 3.63) is 0 Å². The Morgan fingerprint density at radius 1 is 1.00 bits per heavy atom. The molecule has 0 saturated carbocycles. The molecule has 0 aromatic rings. The Kier molecular flexibility index (Phi) is 8.53. The van der Waals surface area contributed by atoms with Gasteiger partial charge in [0.25, 0.3) is 0 Å². The van der Waals surface area contributed by atoms with E-state index in [0.717, 1.165) is 18.8 Å². The number of unbranched alkanes of at least 4 members (excludes halogenated alkanes) is 2. The third kappa shape index (κ3) is 8.29. The van der Waals surface area contributed by atoms with Crippen molar-refractivity contribution in [2.75, 3.05) is 0 Å². The molecule has 0 aliphatic heterocycles. The van der Waals surface area contributed by atoms with Crippen molar-refractivity contribution in [1.82, 2.24) is 0 Å². The average molecular weight is 186 g/mol. The van der Waals surface area contributed by atoms with Gasteiger partial charge >= 0.3 is 0 Å². The highest BCUT2D eigenvalue weighted by atomic mass is 16.3. The first-order valence-electron chi connectivity index (χ1n) is 5.88. The molecule has 0 saturated heterocycles. The average Bonchev–Trinajstić information content (AvgIpc) is 2.14. The van der Waals surface area contributed by atoms with Crippen molar-refractivity contribution >= 4 is 0 Å². The smallest absolute Gasteiger partial charge is 0.0537 e. The molecule has 2 atom stereocenters. The van der Waals surface area contributed by atoms with Crippen LogP contribution in [-0.2, 0) is 0 Å². The highest BCUT2D eigenvalue weighted by Crippen LogP contribution is 2.16. The summed E-state index contributed by atoms with van der Waals surface area (Å²) in [4.78, 5) is 0. The van der Waals surface area contributed by atoms with E-state index in [1.807, 2.05) is 6.92 Å². The molecule has 0 rings (SSSR count). The monoisotopic (exact) mass is 186 g/mol. The minimum atomic E-state index is -0.0615. The molecule has 1 nitrogen and oxygen atoms in total. The number of hydrogen-bond acceptors (Lipinski definition) is 1. The van der Waals surface area contributed by atoms with Crippen LogP contribution in [0.15, 0.2) is 0 Å². The SMILES string of the molecule is CCCCCC(C)CCC(O)CC. The fourth-order valence-electron chi connectivity index (χ4n) is 1.57. The molecule has 80 valence electrons. The molecule has 0 aliphatic carbocycles. The number of rotatable bonds is 8. The fourth-order valence-corrected chi connectivity index (χ4v) is 1.57. The van der Waals surface area contributed by atoms with Gasteiger partial charge in [0.05, 0.1) is 6.10 Å². The molecule has 0 amide bonds. The summed E-state index contributed by atoms with van der Waals surface area (Å²) in [6.45, 7) is 6.59. The molecular formula is C12H26O. The van der Waals surface area contributed by atoms with Crippen molar-refractivity contribution in [2.24, 2.45) is 5.92 Å². The summed E-state index contributed by atoms with van der Waals surface area (Å²) in [5, 5.41) is 9.38. The van der Waals surface area contributed by atoms with Gasteiger partial charge in [-0.3, -0.25) is 0 Å². The van der Waals surface area contributed by atoms with Crippen molar-refractivity contribution in [2.45, 2.75) is 71.8 Å². The molecule has 1 N–H and O–H groups in total. The van der Waals surface area contributed by atoms with E-state index in [1.165, 1.54) is 32.1 Å². The standard InChI is InChI=1S/C12H26O/c1-4-6-7-8-11(3)9-10-12(13)5-2/h11-13H,4-10H2,1-3H3. The number of aliphatic hydroxyl groups excluding tert-OH is 1. The van der Waals surface area contributed by atoms with Crippen molar-refractivity contribution < 1.29 is 5.11 Å². The second-order valence-electron chi connectivity index (χ2n) is 4.24. The molecule has 2 unspecified atom stereocenters. The summed E-state index contributed by atoms with van der Waals surface area (Å²) in [6.07, 6.45) is 8.40. The Labute approximate surface area is 83.5 Å². The van der Waals surface area contributed by atoms with Gasteiger partial charge < -0.3 is 5.11 Å². The largest absolute Gasteiger partial charge is 0.393 e. The molecule has 0 bridgehead atoms. The second kappa shape index (κ2) is 8.55. The van der Waals surface area contributed by atoms with Gasteiger partial charge in [-0.2, -0.15) is 0 Å². The van der Waals surface area contributed by atoms with Crippen LogP contribution in [0.25, 0.3) is 0 Å². The lowest BCUT2D eigenvalue weighted by atomic mass is 9.96. The van der Waals surface area contributed by atoms with Gasteiger partial charge in [0.15, 0.2) is 0 Å². The predicted molar refractivity (Wildman–Crippen MR) is 58.8 cm³/mol. The molecule has 0 aromatic carbocycles. The Balaban J connectivity index is 3.24. The van der Waals surface area contributed by atoms with E-state index in [4.69, 9.17) is 0 Å². The van der Waals surface area contributed by atoms with E-state index < -0.39 is 0 Å². The first-order chi connectivity index (χ1) is 6.20. The third-order valence-corrected chi connectivity index (χ3v) is 2.76. The summed E-state index contributed by atoms with van der Waals surface area (Å²) in [5.41, 5.74) is 0. The van der Waals surface area contributed by atoms with E-state index in [0.29, 0.717) is 0 Å². The lowest BCUT2D eigenvalue weighted by Crippen LogP contribution is -2.06. The van der Waals surface area contributed by atoms with E-state index in [-0.39, 0.29) is 6.10 Å². The molecule has 0 aromatic heterocycles. The van der Waals surface area contributed by atoms with Crippen molar-refractivity contribution in [3.63, 3.8) is 0 Å². The van der Waals surface area contributed by atoms with Crippen LogP contribution >= 0.6 is 0 Å². The van der Waals surface area contributed by atoms with E-state index in [2.05, 4.69) is 13.8 Å². The summed E-state index contributed by atoms with van der Waals surface area (Å²) < 4.78 is 0. The molecule has 0 aliphatic rings. The topological polar surface area (TPSA) is 20.2 Å². The summed E-state index contributed by atoms with van der Waals surface area (Å²) in [7, 11) is 0. The Bertz CT molecular complexity index is 101. The minimum Gasteiger partial charge on any atom is -0.393 e. The quantitative estimate of drug-likeness (QED) is 0.572. The molecule has 0 radical (unpaired) electrons.